The minimum atomic E-state index is -3.57. The summed E-state index contributed by atoms with van der Waals surface area (Å²) in [5.74, 6) is -0.0706. The maximum absolute atomic E-state index is 13.3. The first kappa shape index (κ1) is 24.1. The smallest absolute Gasteiger partial charge is 0.241 e. The lowest BCUT2D eigenvalue weighted by atomic mass is 10.0. The molecule has 174 valence electrons. The van der Waals surface area contributed by atoms with Crippen LogP contribution in [-0.4, -0.2) is 62.3 Å². The van der Waals surface area contributed by atoms with Crippen LogP contribution in [0.15, 0.2) is 48.5 Å². The summed E-state index contributed by atoms with van der Waals surface area (Å²) in [6, 6.07) is 13.9. The van der Waals surface area contributed by atoms with Gasteiger partial charge in [-0.2, -0.15) is 0 Å². The Morgan fingerprint density at radius 3 is 2.41 bits per heavy atom. The second-order valence-corrected chi connectivity index (χ2v) is 10.2. The van der Waals surface area contributed by atoms with E-state index < -0.39 is 16.1 Å². The second-order valence-electron chi connectivity index (χ2n) is 8.36. The highest BCUT2D eigenvalue weighted by atomic mass is 32.2. The summed E-state index contributed by atoms with van der Waals surface area (Å²) in [6.45, 7) is 6.46. The SMILES string of the molecule is CCCCS(=O)(=O)N[C@@H](Cc1ccc(O)cc1)C(=O)N1CCN(c2cccc(C)c2)CC1. The van der Waals surface area contributed by atoms with Crippen molar-refractivity contribution in [2.45, 2.75) is 39.2 Å². The molecule has 0 aromatic heterocycles. The van der Waals surface area contributed by atoms with Crippen LogP contribution in [-0.2, 0) is 21.2 Å². The van der Waals surface area contributed by atoms with Crippen molar-refractivity contribution in [2.24, 2.45) is 0 Å². The Labute approximate surface area is 191 Å². The largest absolute Gasteiger partial charge is 0.508 e. The Kier molecular flexibility index (Phi) is 8.15. The van der Waals surface area contributed by atoms with E-state index in [4.69, 9.17) is 0 Å². The Morgan fingerprint density at radius 2 is 1.78 bits per heavy atom. The molecule has 7 nitrogen and oxygen atoms in total. The molecule has 0 radical (unpaired) electrons. The van der Waals surface area contributed by atoms with Crippen molar-refractivity contribution in [3.05, 3.63) is 59.7 Å². The van der Waals surface area contributed by atoms with Gasteiger partial charge < -0.3 is 14.9 Å². The molecule has 0 spiro atoms. The average Bonchev–Trinajstić information content (AvgIpc) is 2.78. The van der Waals surface area contributed by atoms with Gasteiger partial charge in [0.05, 0.1) is 5.75 Å². The summed E-state index contributed by atoms with van der Waals surface area (Å²) in [6.07, 6.45) is 1.55. The Hall–Kier alpha value is -2.58. The van der Waals surface area contributed by atoms with E-state index in [1.807, 2.05) is 13.0 Å². The Bertz CT molecular complexity index is 1000. The molecule has 0 unspecified atom stereocenters. The van der Waals surface area contributed by atoms with Gasteiger partial charge in [0.15, 0.2) is 0 Å². The molecule has 1 saturated heterocycles. The third-order valence-corrected chi connectivity index (χ3v) is 7.19. The molecular weight excluding hydrogens is 426 g/mol. The number of aromatic hydroxyl groups is 1. The first-order valence-corrected chi connectivity index (χ1v) is 12.8. The molecule has 1 heterocycles. The summed E-state index contributed by atoms with van der Waals surface area (Å²) in [4.78, 5) is 17.3. The predicted molar refractivity (Wildman–Crippen MR) is 127 cm³/mol. The number of amides is 1. The van der Waals surface area contributed by atoms with E-state index in [9.17, 15) is 18.3 Å². The van der Waals surface area contributed by atoms with E-state index in [0.717, 1.165) is 17.7 Å². The van der Waals surface area contributed by atoms with Crippen LogP contribution in [0.3, 0.4) is 0 Å². The first-order chi connectivity index (χ1) is 15.3. The number of carbonyl (C=O) groups excluding carboxylic acids is 1. The summed E-state index contributed by atoms with van der Waals surface area (Å²) in [5.41, 5.74) is 3.12. The van der Waals surface area contributed by atoms with Crippen LogP contribution in [0.2, 0.25) is 0 Å². The molecule has 2 N–H and O–H groups in total. The quantitative estimate of drug-likeness (QED) is 0.602. The third kappa shape index (κ3) is 6.71. The number of phenolic OH excluding ortho intramolecular Hbond substituents is 1. The van der Waals surface area contributed by atoms with Gasteiger partial charge in [-0.05, 0) is 55.2 Å². The van der Waals surface area contributed by atoms with Gasteiger partial charge in [-0.3, -0.25) is 4.79 Å². The van der Waals surface area contributed by atoms with E-state index in [0.29, 0.717) is 32.6 Å². The van der Waals surface area contributed by atoms with Gasteiger partial charge in [-0.1, -0.05) is 37.6 Å². The van der Waals surface area contributed by atoms with Gasteiger partial charge in [0.25, 0.3) is 0 Å². The van der Waals surface area contributed by atoms with Gasteiger partial charge in [-0.15, -0.1) is 0 Å². The van der Waals surface area contributed by atoms with Crippen molar-refractivity contribution in [2.75, 3.05) is 36.8 Å². The molecule has 1 atom stereocenters. The molecule has 1 aliphatic heterocycles. The minimum Gasteiger partial charge on any atom is -0.508 e. The predicted octanol–water partition coefficient (Wildman–Crippen LogP) is 2.68. The van der Waals surface area contributed by atoms with Crippen LogP contribution in [0.1, 0.15) is 30.9 Å². The molecule has 3 rings (SSSR count). The van der Waals surface area contributed by atoms with Crippen molar-refractivity contribution >= 4 is 21.6 Å². The number of nitrogens with one attached hydrogen (secondary N) is 1. The van der Waals surface area contributed by atoms with Crippen molar-refractivity contribution in [1.29, 1.82) is 0 Å². The number of anilines is 1. The molecule has 2 aromatic carbocycles. The highest BCUT2D eigenvalue weighted by Crippen LogP contribution is 2.19. The van der Waals surface area contributed by atoms with Crippen molar-refractivity contribution < 1.29 is 18.3 Å². The van der Waals surface area contributed by atoms with Crippen molar-refractivity contribution in [3.8, 4) is 5.75 Å². The standard InChI is InChI=1S/C24H33N3O4S/c1-3-4-16-32(30,31)25-23(18-20-8-10-22(28)11-9-20)24(29)27-14-12-26(13-15-27)21-7-5-6-19(2)17-21/h5-11,17,23,25,28H,3-4,12-16,18H2,1-2H3/t23-/m0/s1. The maximum Gasteiger partial charge on any atom is 0.241 e. The molecule has 8 heteroatoms. The normalized spacial score (nSPS) is 15.6. The number of carbonyl (C=O) groups is 1. The molecule has 1 aliphatic rings. The summed E-state index contributed by atoms with van der Waals surface area (Å²) >= 11 is 0. The zero-order chi connectivity index (χ0) is 23.1. The monoisotopic (exact) mass is 459 g/mol. The lowest BCUT2D eigenvalue weighted by molar-refractivity contribution is -0.133. The van der Waals surface area contributed by atoms with E-state index >= 15 is 0 Å². The fourth-order valence-corrected chi connectivity index (χ4v) is 5.29. The fourth-order valence-electron chi connectivity index (χ4n) is 3.89. The number of unbranched alkanes of at least 4 members (excludes halogenated alkanes) is 1. The van der Waals surface area contributed by atoms with Crippen molar-refractivity contribution in [1.82, 2.24) is 9.62 Å². The van der Waals surface area contributed by atoms with E-state index in [-0.39, 0.29) is 23.8 Å². The number of nitrogens with zero attached hydrogens (tertiary/aromatic N) is 2. The lowest BCUT2D eigenvalue weighted by Crippen LogP contribution is -2.55. The highest BCUT2D eigenvalue weighted by molar-refractivity contribution is 7.89. The third-order valence-electron chi connectivity index (χ3n) is 5.72. The van der Waals surface area contributed by atoms with Gasteiger partial charge >= 0.3 is 0 Å². The zero-order valence-electron chi connectivity index (χ0n) is 18.8. The second kappa shape index (κ2) is 10.8. The average molecular weight is 460 g/mol. The minimum absolute atomic E-state index is 0.00396. The summed E-state index contributed by atoms with van der Waals surface area (Å²) < 4.78 is 27.8. The maximum atomic E-state index is 13.3. The van der Waals surface area contributed by atoms with Gasteiger partial charge in [-0.25, -0.2) is 13.1 Å². The van der Waals surface area contributed by atoms with Crippen LogP contribution in [0.25, 0.3) is 0 Å². The molecule has 32 heavy (non-hydrogen) atoms. The van der Waals surface area contributed by atoms with Crippen LogP contribution >= 0.6 is 0 Å². The molecule has 2 aromatic rings. The number of aryl methyl sites for hydroxylation is 1. The van der Waals surface area contributed by atoms with E-state index in [1.165, 1.54) is 5.56 Å². The lowest BCUT2D eigenvalue weighted by Gasteiger charge is -2.37. The van der Waals surface area contributed by atoms with Crippen LogP contribution in [0, 0.1) is 6.92 Å². The molecule has 1 amide bonds. The topological polar surface area (TPSA) is 89.9 Å². The number of hydrogen-bond acceptors (Lipinski definition) is 5. The number of piperazine rings is 1. The van der Waals surface area contributed by atoms with Crippen LogP contribution < -0.4 is 9.62 Å². The van der Waals surface area contributed by atoms with Crippen molar-refractivity contribution in [3.63, 3.8) is 0 Å². The zero-order valence-corrected chi connectivity index (χ0v) is 19.6. The van der Waals surface area contributed by atoms with E-state index in [1.54, 1.807) is 29.2 Å². The Balaban J connectivity index is 1.70. The number of benzene rings is 2. The molecule has 0 saturated carbocycles. The molecule has 0 bridgehead atoms. The first-order valence-electron chi connectivity index (χ1n) is 11.2. The number of phenols is 1. The Morgan fingerprint density at radius 1 is 1.09 bits per heavy atom. The molecule has 0 aliphatic carbocycles. The number of rotatable bonds is 9. The summed E-state index contributed by atoms with van der Waals surface area (Å²) in [5, 5.41) is 9.53. The van der Waals surface area contributed by atoms with Gasteiger partial charge in [0, 0.05) is 31.9 Å². The number of sulfonamides is 1. The molecule has 1 fully saturated rings. The highest BCUT2D eigenvalue weighted by Gasteiger charge is 2.30. The van der Waals surface area contributed by atoms with E-state index in [2.05, 4.69) is 34.7 Å². The fraction of sp³-hybridized carbons (Fsp3) is 0.458. The van der Waals surface area contributed by atoms with Crippen LogP contribution in [0.5, 0.6) is 5.75 Å². The van der Waals surface area contributed by atoms with Gasteiger partial charge in [0.2, 0.25) is 15.9 Å². The van der Waals surface area contributed by atoms with Gasteiger partial charge in [0.1, 0.15) is 11.8 Å². The molecular formula is C24H33N3O4S. The van der Waals surface area contributed by atoms with Crippen LogP contribution in [0.4, 0.5) is 5.69 Å². The summed E-state index contributed by atoms with van der Waals surface area (Å²) in [7, 11) is -3.57. The number of hydrogen-bond donors (Lipinski definition) is 2.